The van der Waals surface area contributed by atoms with Crippen LogP contribution in [0.25, 0.3) is 0 Å². The Morgan fingerprint density at radius 2 is 1.77 bits per heavy atom. The Morgan fingerprint density at radius 3 is 2.27 bits per heavy atom. The third-order valence-electron chi connectivity index (χ3n) is 4.41. The van der Waals surface area contributed by atoms with E-state index in [4.69, 9.17) is 4.74 Å². The van der Waals surface area contributed by atoms with Crippen molar-refractivity contribution in [2.24, 2.45) is 0 Å². The summed E-state index contributed by atoms with van der Waals surface area (Å²) in [7, 11) is -3.82. The molecule has 0 fully saturated rings. The average Bonchev–Trinajstić information content (AvgIpc) is 2.67. The zero-order valence-electron chi connectivity index (χ0n) is 17.3. The van der Waals surface area contributed by atoms with Crippen molar-refractivity contribution in [2.75, 3.05) is 22.5 Å². The van der Waals surface area contributed by atoms with Crippen LogP contribution in [0.4, 0.5) is 15.8 Å². The predicted molar refractivity (Wildman–Crippen MR) is 114 cm³/mol. The molecule has 0 spiro atoms. The van der Waals surface area contributed by atoms with Crippen molar-refractivity contribution in [3.63, 3.8) is 0 Å². The van der Waals surface area contributed by atoms with Gasteiger partial charge in [0.1, 0.15) is 11.9 Å². The van der Waals surface area contributed by atoms with Gasteiger partial charge in [0.25, 0.3) is 0 Å². The third kappa shape index (κ3) is 5.56. The fourth-order valence-corrected chi connectivity index (χ4v) is 4.22. The van der Waals surface area contributed by atoms with E-state index in [2.05, 4.69) is 5.32 Å². The van der Waals surface area contributed by atoms with Crippen LogP contribution in [0, 0.1) is 12.7 Å². The van der Waals surface area contributed by atoms with E-state index in [1.54, 1.807) is 32.9 Å². The second-order valence-electron chi connectivity index (χ2n) is 6.70. The Hall–Kier alpha value is -2.94. The molecule has 162 valence electrons. The minimum absolute atomic E-state index is 0.190. The van der Waals surface area contributed by atoms with Crippen molar-refractivity contribution in [1.29, 1.82) is 0 Å². The third-order valence-corrected chi connectivity index (χ3v) is 5.59. The van der Waals surface area contributed by atoms with Crippen molar-refractivity contribution >= 4 is 33.3 Å². The topological polar surface area (TPSA) is 92.8 Å². The SMILES string of the molecule is CCOC(=O)c1ccc(NC(=O)[C@H](CC)N(c2ccc(F)cc2)S(C)(=O)=O)c(C)c1. The van der Waals surface area contributed by atoms with Gasteiger partial charge in [-0.3, -0.25) is 9.10 Å². The predicted octanol–water partition coefficient (Wildman–Crippen LogP) is 3.49. The fourth-order valence-electron chi connectivity index (χ4n) is 3.01. The molecule has 0 saturated heterocycles. The number of hydrogen-bond acceptors (Lipinski definition) is 5. The Kier molecular flexibility index (Phi) is 7.55. The van der Waals surface area contributed by atoms with Gasteiger partial charge in [-0.1, -0.05) is 6.92 Å². The summed E-state index contributed by atoms with van der Waals surface area (Å²) in [5.41, 5.74) is 1.61. The van der Waals surface area contributed by atoms with Crippen molar-refractivity contribution in [1.82, 2.24) is 0 Å². The standard InChI is InChI=1S/C21H25FN2O5S/c1-5-19(24(30(4,27)28)17-10-8-16(22)9-11-17)20(25)23-18-12-7-15(13-14(18)3)21(26)29-6-2/h7-13,19H,5-6H2,1-4H3,(H,23,25)/t19-/m0/s1. The van der Waals surface area contributed by atoms with Crippen LogP contribution in [0.3, 0.4) is 0 Å². The lowest BCUT2D eigenvalue weighted by Gasteiger charge is -2.30. The number of nitrogens with one attached hydrogen (secondary N) is 1. The first-order chi connectivity index (χ1) is 14.1. The van der Waals surface area contributed by atoms with Crippen LogP contribution in [-0.2, 0) is 19.6 Å². The van der Waals surface area contributed by atoms with Crippen LogP contribution < -0.4 is 9.62 Å². The van der Waals surface area contributed by atoms with Gasteiger partial charge >= 0.3 is 5.97 Å². The average molecular weight is 437 g/mol. The van der Waals surface area contributed by atoms with Crippen LogP contribution in [0.2, 0.25) is 0 Å². The highest BCUT2D eigenvalue weighted by atomic mass is 32.2. The number of rotatable bonds is 8. The number of halogens is 1. The fraction of sp³-hybridized carbons (Fsp3) is 0.333. The Bertz CT molecular complexity index is 1020. The number of sulfonamides is 1. The van der Waals surface area contributed by atoms with Crippen LogP contribution in [0.5, 0.6) is 0 Å². The largest absolute Gasteiger partial charge is 0.462 e. The summed E-state index contributed by atoms with van der Waals surface area (Å²) >= 11 is 0. The Labute approximate surface area is 175 Å². The normalized spacial score (nSPS) is 12.2. The number of carbonyl (C=O) groups excluding carboxylic acids is 2. The van der Waals surface area contributed by atoms with Crippen LogP contribution in [0.1, 0.15) is 36.2 Å². The van der Waals surface area contributed by atoms with Gasteiger partial charge in [0.15, 0.2) is 0 Å². The molecule has 0 unspecified atom stereocenters. The lowest BCUT2D eigenvalue weighted by atomic mass is 10.1. The van der Waals surface area contributed by atoms with E-state index in [9.17, 15) is 22.4 Å². The Morgan fingerprint density at radius 1 is 1.13 bits per heavy atom. The molecule has 0 aliphatic carbocycles. The number of amides is 1. The molecule has 0 radical (unpaired) electrons. The molecule has 7 nitrogen and oxygen atoms in total. The molecule has 0 aliphatic rings. The highest BCUT2D eigenvalue weighted by Crippen LogP contribution is 2.24. The first-order valence-corrected chi connectivity index (χ1v) is 11.3. The molecule has 2 aromatic rings. The van der Waals surface area contributed by atoms with E-state index < -0.39 is 33.8 Å². The molecular formula is C21H25FN2O5S. The highest BCUT2D eigenvalue weighted by Gasteiger charge is 2.31. The monoisotopic (exact) mass is 436 g/mol. The molecule has 0 bridgehead atoms. The molecule has 1 N–H and O–H groups in total. The first-order valence-electron chi connectivity index (χ1n) is 9.42. The summed E-state index contributed by atoms with van der Waals surface area (Å²) in [4.78, 5) is 24.8. The lowest BCUT2D eigenvalue weighted by Crippen LogP contribution is -2.47. The minimum atomic E-state index is -3.82. The second kappa shape index (κ2) is 9.71. The van der Waals surface area contributed by atoms with Crippen molar-refractivity contribution < 1.29 is 27.1 Å². The van der Waals surface area contributed by atoms with Crippen LogP contribution in [-0.4, -0.2) is 39.2 Å². The van der Waals surface area contributed by atoms with Crippen molar-refractivity contribution in [2.45, 2.75) is 33.2 Å². The summed E-state index contributed by atoms with van der Waals surface area (Å²) < 4.78 is 44.1. The molecule has 0 saturated carbocycles. The van der Waals surface area contributed by atoms with Gasteiger partial charge in [0.2, 0.25) is 15.9 Å². The number of benzene rings is 2. The molecule has 2 aromatic carbocycles. The zero-order chi connectivity index (χ0) is 22.5. The number of aryl methyl sites for hydroxylation is 1. The minimum Gasteiger partial charge on any atom is -0.462 e. The molecule has 1 atom stereocenters. The molecule has 1 amide bonds. The maximum Gasteiger partial charge on any atom is 0.338 e. The summed E-state index contributed by atoms with van der Waals surface area (Å²) in [5.74, 6) is -1.52. The van der Waals surface area contributed by atoms with Crippen LogP contribution >= 0.6 is 0 Å². The lowest BCUT2D eigenvalue weighted by molar-refractivity contribution is -0.117. The molecule has 9 heteroatoms. The molecule has 2 rings (SSSR count). The van der Waals surface area contributed by atoms with E-state index in [0.717, 1.165) is 22.7 Å². The maximum atomic E-state index is 13.3. The molecular weight excluding hydrogens is 411 g/mol. The van der Waals surface area contributed by atoms with Crippen molar-refractivity contribution in [3.8, 4) is 0 Å². The number of carbonyl (C=O) groups is 2. The van der Waals surface area contributed by atoms with E-state index in [0.29, 0.717) is 16.8 Å². The van der Waals surface area contributed by atoms with E-state index in [1.807, 2.05) is 0 Å². The van der Waals surface area contributed by atoms with Gasteiger partial charge in [-0.05, 0) is 68.3 Å². The number of anilines is 2. The maximum absolute atomic E-state index is 13.3. The smallest absolute Gasteiger partial charge is 0.338 e. The van der Waals surface area contributed by atoms with E-state index in [1.165, 1.54) is 18.2 Å². The summed E-state index contributed by atoms with van der Waals surface area (Å²) in [6.45, 7) is 5.36. The number of ether oxygens (including phenoxy) is 1. The first kappa shape index (κ1) is 23.3. The van der Waals surface area contributed by atoms with Gasteiger partial charge in [-0.2, -0.15) is 0 Å². The highest BCUT2D eigenvalue weighted by molar-refractivity contribution is 7.92. The van der Waals surface area contributed by atoms with Crippen molar-refractivity contribution in [3.05, 3.63) is 59.4 Å². The number of nitrogens with zero attached hydrogens (tertiary/aromatic N) is 1. The summed E-state index contributed by atoms with van der Waals surface area (Å²) in [6, 6.07) is 8.52. The summed E-state index contributed by atoms with van der Waals surface area (Å²) in [6.07, 6.45) is 1.18. The Balaban J connectivity index is 2.32. The molecule has 0 aliphatic heterocycles. The molecule has 30 heavy (non-hydrogen) atoms. The van der Waals surface area contributed by atoms with Gasteiger partial charge in [0, 0.05) is 5.69 Å². The van der Waals surface area contributed by atoms with E-state index in [-0.39, 0.29) is 18.7 Å². The van der Waals surface area contributed by atoms with Gasteiger partial charge in [-0.25, -0.2) is 17.6 Å². The quantitative estimate of drug-likeness (QED) is 0.640. The van der Waals surface area contributed by atoms with Gasteiger partial charge in [0.05, 0.1) is 24.1 Å². The van der Waals surface area contributed by atoms with E-state index >= 15 is 0 Å². The van der Waals surface area contributed by atoms with Gasteiger partial charge < -0.3 is 10.1 Å². The number of hydrogen-bond donors (Lipinski definition) is 1. The zero-order valence-corrected chi connectivity index (χ0v) is 18.1. The second-order valence-corrected chi connectivity index (χ2v) is 8.56. The molecule has 0 heterocycles. The summed E-state index contributed by atoms with van der Waals surface area (Å²) in [5, 5.41) is 2.72. The van der Waals surface area contributed by atoms with Gasteiger partial charge in [-0.15, -0.1) is 0 Å². The van der Waals surface area contributed by atoms with Crippen LogP contribution in [0.15, 0.2) is 42.5 Å². The number of esters is 1. The molecule has 0 aromatic heterocycles.